The maximum Gasteiger partial charge on any atom is 0.157 e. The molecule has 0 aliphatic carbocycles. The first-order valence-electron chi connectivity index (χ1n) is 5.60. The van der Waals surface area contributed by atoms with Crippen molar-refractivity contribution in [2.45, 2.75) is 31.9 Å². The monoisotopic (exact) mass is 292 g/mol. The van der Waals surface area contributed by atoms with Crippen LogP contribution in [0.15, 0.2) is 0 Å². The Kier molecular flexibility index (Phi) is 4.55. The third-order valence-corrected chi connectivity index (χ3v) is 4.92. The Morgan fingerprint density at radius 1 is 1.50 bits per heavy atom. The maximum atomic E-state index is 11.9. The van der Waals surface area contributed by atoms with E-state index in [9.17, 15) is 13.2 Å². The van der Waals surface area contributed by atoms with Gasteiger partial charge in [0.2, 0.25) is 0 Å². The van der Waals surface area contributed by atoms with Crippen LogP contribution >= 0.6 is 11.6 Å². The van der Waals surface area contributed by atoms with Crippen LogP contribution in [0.5, 0.6) is 0 Å². The first-order chi connectivity index (χ1) is 8.18. The van der Waals surface area contributed by atoms with E-state index in [2.05, 4.69) is 5.10 Å². The molecule has 7 heteroatoms. The first-order valence-corrected chi connectivity index (χ1v) is 7.93. The van der Waals surface area contributed by atoms with E-state index in [1.807, 2.05) is 6.92 Å². The number of carbonyl (C=O) groups is 1. The van der Waals surface area contributed by atoms with Crippen LogP contribution in [0.2, 0.25) is 5.02 Å². The highest BCUT2D eigenvalue weighted by molar-refractivity contribution is 7.92. The second kappa shape index (κ2) is 5.40. The lowest BCUT2D eigenvalue weighted by Crippen LogP contribution is -2.28. The molecule has 1 unspecified atom stereocenters. The molecule has 1 rings (SSSR count). The first kappa shape index (κ1) is 15.2. The summed E-state index contributed by atoms with van der Waals surface area (Å²) in [6.07, 6.45) is 1.71. The normalized spacial score (nSPS) is 13.6. The van der Waals surface area contributed by atoms with Gasteiger partial charge < -0.3 is 0 Å². The summed E-state index contributed by atoms with van der Waals surface area (Å²) in [6.45, 7) is 3.31. The largest absolute Gasteiger partial charge is 0.298 e. The standard InChI is InChI=1S/C11H17ClN2O3S/c1-5-8-11(12)9(14(3)13-8)6-10(15)7(2)18(4,16)17/h7H,5-6H2,1-4H3. The van der Waals surface area contributed by atoms with E-state index in [1.54, 1.807) is 7.05 Å². The number of hydrogen-bond donors (Lipinski definition) is 0. The number of carbonyl (C=O) groups excluding carboxylic acids is 1. The molecule has 0 aromatic carbocycles. The van der Waals surface area contributed by atoms with E-state index in [0.717, 1.165) is 6.26 Å². The Morgan fingerprint density at radius 3 is 2.44 bits per heavy atom. The van der Waals surface area contributed by atoms with Gasteiger partial charge in [-0.15, -0.1) is 0 Å². The molecule has 0 bridgehead atoms. The molecule has 0 fully saturated rings. The van der Waals surface area contributed by atoms with Gasteiger partial charge >= 0.3 is 0 Å². The minimum absolute atomic E-state index is 0.0173. The van der Waals surface area contributed by atoms with E-state index in [-0.39, 0.29) is 12.2 Å². The zero-order valence-electron chi connectivity index (χ0n) is 10.9. The van der Waals surface area contributed by atoms with Crippen molar-refractivity contribution in [3.8, 4) is 0 Å². The van der Waals surface area contributed by atoms with Gasteiger partial charge in [-0.2, -0.15) is 5.10 Å². The predicted molar refractivity (Wildman–Crippen MR) is 70.6 cm³/mol. The maximum absolute atomic E-state index is 11.9. The highest BCUT2D eigenvalue weighted by Crippen LogP contribution is 2.22. The van der Waals surface area contributed by atoms with Crippen LogP contribution in [0.4, 0.5) is 0 Å². The molecule has 1 aromatic heterocycles. The summed E-state index contributed by atoms with van der Waals surface area (Å²) in [7, 11) is -1.68. The van der Waals surface area contributed by atoms with Crippen LogP contribution in [-0.2, 0) is 34.5 Å². The quantitative estimate of drug-likeness (QED) is 0.817. The Bertz CT molecular complexity index is 563. The molecule has 0 aliphatic rings. The smallest absolute Gasteiger partial charge is 0.157 e. The number of halogens is 1. The van der Waals surface area contributed by atoms with E-state index >= 15 is 0 Å². The molecule has 1 atom stereocenters. The summed E-state index contributed by atoms with van der Waals surface area (Å²) in [6, 6.07) is 0. The molecule has 0 saturated carbocycles. The lowest BCUT2D eigenvalue weighted by Gasteiger charge is -2.08. The number of sulfone groups is 1. The van der Waals surface area contributed by atoms with Gasteiger partial charge in [0.25, 0.3) is 0 Å². The van der Waals surface area contributed by atoms with Gasteiger partial charge in [-0.05, 0) is 13.3 Å². The van der Waals surface area contributed by atoms with Gasteiger partial charge in [0.15, 0.2) is 15.6 Å². The van der Waals surface area contributed by atoms with Crippen molar-refractivity contribution >= 4 is 27.2 Å². The molecule has 0 radical (unpaired) electrons. The molecular formula is C11H17ClN2O3S. The second-order valence-corrected chi connectivity index (χ2v) is 7.04. The van der Waals surface area contributed by atoms with Gasteiger partial charge in [0, 0.05) is 13.3 Å². The number of ketones is 1. The summed E-state index contributed by atoms with van der Waals surface area (Å²) in [5.41, 5.74) is 1.28. The average molecular weight is 293 g/mol. The highest BCUT2D eigenvalue weighted by Gasteiger charge is 2.26. The zero-order valence-corrected chi connectivity index (χ0v) is 12.5. The molecular weight excluding hydrogens is 276 g/mol. The van der Waals surface area contributed by atoms with Gasteiger partial charge in [0.05, 0.1) is 22.8 Å². The van der Waals surface area contributed by atoms with E-state index in [4.69, 9.17) is 11.6 Å². The average Bonchev–Trinajstić information content (AvgIpc) is 2.54. The summed E-state index contributed by atoms with van der Waals surface area (Å²) in [4.78, 5) is 11.9. The van der Waals surface area contributed by atoms with Gasteiger partial charge in [-0.3, -0.25) is 9.48 Å². The van der Waals surface area contributed by atoms with E-state index < -0.39 is 15.1 Å². The molecule has 0 saturated heterocycles. The van der Waals surface area contributed by atoms with Crippen molar-refractivity contribution in [2.75, 3.05) is 6.26 Å². The number of aromatic nitrogens is 2. The van der Waals surface area contributed by atoms with Crippen LogP contribution in [-0.4, -0.2) is 35.5 Å². The third kappa shape index (κ3) is 3.11. The predicted octanol–water partition coefficient (Wildman–Crippen LogP) is 1.18. The number of nitrogens with zero attached hydrogens (tertiary/aromatic N) is 2. The summed E-state index contributed by atoms with van der Waals surface area (Å²) >= 11 is 6.11. The fourth-order valence-electron chi connectivity index (χ4n) is 1.56. The topological polar surface area (TPSA) is 69.0 Å². The van der Waals surface area contributed by atoms with Crippen LogP contribution in [0.25, 0.3) is 0 Å². The fourth-order valence-corrected chi connectivity index (χ4v) is 2.48. The Hall–Kier alpha value is -0.880. The number of hydrogen-bond acceptors (Lipinski definition) is 4. The van der Waals surface area contributed by atoms with Crippen LogP contribution in [0.1, 0.15) is 25.2 Å². The van der Waals surface area contributed by atoms with Crippen molar-refractivity contribution in [1.82, 2.24) is 9.78 Å². The molecule has 102 valence electrons. The molecule has 5 nitrogen and oxygen atoms in total. The molecule has 18 heavy (non-hydrogen) atoms. The molecule has 0 aliphatic heterocycles. The van der Waals surface area contributed by atoms with Gasteiger partial charge in [-0.25, -0.2) is 8.42 Å². The minimum atomic E-state index is -3.37. The van der Waals surface area contributed by atoms with Crippen molar-refractivity contribution in [2.24, 2.45) is 7.05 Å². The number of rotatable bonds is 5. The number of aryl methyl sites for hydroxylation is 2. The molecule has 0 amide bonds. The zero-order chi connectivity index (χ0) is 14.1. The van der Waals surface area contributed by atoms with Crippen LogP contribution in [0.3, 0.4) is 0 Å². The Balaban J connectivity index is 2.99. The second-order valence-electron chi connectivity index (χ2n) is 4.30. The van der Waals surface area contributed by atoms with Crippen LogP contribution in [0, 0.1) is 0 Å². The Morgan fingerprint density at radius 2 is 2.06 bits per heavy atom. The van der Waals surface area contributed by atoms with Crippen molar-refractivity contribution in [3.63, 3.8) is 0 Å². The van der Waals surface area contributed by atoms with Gasteiger partial charge in [0.1, 0.15) is 5.25 Å². The summed E-state index contributed by atoms with van der Waals surface area (Å²) < 4.78 is 24.2. The Labute approximate surface area is 112 Å². The molecule has 0 spiro atoms. The van der Waals surface area contributed by atoms with Crippen molar-refractivity contribution < 1.29 is 13.2 Å². The molecule has 1 heterocycles. The summed E-state index contributed by atoms with van der Waals surface area (Å²) in [5.74, 6) is -0.370. The van der Waals surface area contributed by atoms with Crippen LogP contribution < -0.4 is 0 Å². The minimum Gasteiger partial charge on any atom is -0.298 e. The summed E-state index contributed by atoms with van der Waals surface area (Å²) in [5, 5.41) is 3.62. The van der Waals surface area contributed by atoms with Crippen molar-refractivity contribution in [1.29, 1.82) is 0 Å². The fraction of sp³-hybridized carbons (Fsp3) is 0.636. The third-order valence-electron chi connectivity index (χ3n) is 2.94. The lowest BCUT2D eigenvalue weighted by molar-refractivity contribution is -0.117. The van der Waals surface area contributed by atoms with Crippen molar-refractivity contribution in [3.05, 3.63) is 16.4 Å². The van der Waals surface area contributed by atoms with E-state index in [0.29, 0.717) is 22.8 Å². The number of Topliss-reactive ketones (excluding diaryl/α,β-unsaturated/α-hetero) is 1. The van der Waals surface area contributed by atoms with E-state index in [1.165, 1.54) is 11.6 Å². The highest BCUT2D eigenvalue weighted by atomic mass is 35.5. The molecule has 1 aromatic rings. The van der Waals surface area contributed by atoms with Gasteiger partial charge in [-0.1, -0.05) is 18.5 Å². The lowest BCUT2D eigenvalue weighted by atomic mass is 10.1. The molecule has 0 N–H and O–H groups in total. The SMILES string of the molecule is CCc1nn(C)c(CC(=O)C(C)S(C)(=O)=O)c1Cl.